The predicted octanol–water partition coefficient (Wildman–Crippen LogP) is 0.883. The second-order valence-corrected chi connectivity index (χ2v) is 6.56. The van der Waals surface area contributed by atoms with Gasteiger partial charge in [0.1, 0.15) is 0 Å². The number of carbonyl (C=O) groups excluding carboxylic acids is 1. The molecule has 0 saturated carbocycles. The van der Waals surface area contributed by atoms with Gasteiger partial charge in [-0.05, 0) is 26.2 Å². The van der Waals surface area contributed by atoms with Crippen molar-refractivity contribution in [3.05, 3.63) is 11.6 Å². The van der Waals surface area contributed by atoms with Gasteiger partial charge < -0.3 is 4.90 Å². The number of carbonyl (C=O) groups is 1. The summed E-state index contributed by atoms with van der Waals surface area (Å²) in [5.41, 5.74) is 0.734. The van der Waals surface area contributed by atoms with Crippen molar-refractivity contribution in [2.45, 2.75) is 39.2 Å². The van der Waals surface area contributed by atoms with Gasteiger partial charge in [-0.1, -0.05) is 13.0 Å². The standard InChI is InChI=1S/C12H22N2O3S/c1-4-6-10(2)12(15)14-8-5-7-11(9-14)13-18(3,16)17/h6,11,13H,4-5,7-9H2,1-3H3/b10-6+. The lowest BCUT2D eigenvalue weighted by Crippen LogP contribution is -2.49. The van der Waals surface area contributed by atoms with E-state index >= 15 is 0 Å². The zero-order chi connectivity index (χ0) is 13.8. The Kier molecular flexibility index (Phi) is 5.34. The third kappa shape index (κ3) is 4.78. The Hall–Kier alpha value is -0.880. The minimum atomic E-state index is -3.21. The van der Waals surface area contributed by atoms with E-state index in [0.717, 1.165) is 31.1 Å². The molecule has 0 aromatic rings. The van der Waals surface area contributed by atoms with Crippen molar-refractivity contribution < 1.29 is 13.2 Å². The van der Waals surface area contributed by atoms with Crippen LogP contribution in [0.3, 0.4) is 0 Å². The van der Waals surface area contributed by atoms with E-state index < -0.39 is 10.0 Å². The minimum Gasteiger partial charge on any atom is -0.337 e. The molecule has 0 radical (unpaired) electrons. The summed E-state index contributed by atoms with van der Waals surface area (Å²) < 4.78 is 24.9. The predicted molar refractivity (Wildman–Crippen MR) is 71.6 cm³/mol. The Morgan fingerprint density at radius 2 is 2.17 bits per heavy atom. The quantitative estimate of drug-likeness (QED) is 0.774. The van der Waals surface area contributed by atoms with E-state index in [-0.39, 0.29) is 11.9 Å². The molecule has 18 heavy (non-hydrogen) atoms. The van der Waals surface area contributed by atoms with Crippen LogP contribution in [0.2, 0.25) is 0 Å². The van der Waals surface area contributed by atoms with E-state index in [9.17, 15) is 13.2 Å². The number of hydrogen-bond donors (Lipinski definition) is 1. The Labute approximate surface area is 109 Å². The molecular weight excluding hydrogens is 252 g/mol. The van der Waals surface area contributed by atoms with E-state index in [4.69, 9.17) is 0 Å². The number of piperidine rings is 1. The number of rotatable bonds is 4. The van der Waals surface area contributed by atoms with Gasteiger partial charge in [0.15, 0.2) is 0 Å². The van der Waals surface area contributed by atoms with E-state index in [2.05, 4.69) is 4.72 Å². The average molecular weight is 274 g/mol. The van der Waals surface area contributed by atoms with Gasteiger partial charge in [-0.15, -0.1) is 0 Å². The summed E-state index contributed by atoms with van der Waals surface area (Å²) in [6, 6.07) is -0.160. The molecule has 1 amide bonds. The highest BCUT2D eigenvalue weighted by Crippen LogP contribution is 2.13. The molecule has 0 spiro atoms. The van der Waals surface area contributed by atoms with Crippen LogP contribution in [0.5, 0.6) is 0 Å². The van der Waals surface area contributed by atoms with Gasteiger partial charge in [0.25, 0.3) is 0 Å². The first-order valence-electron chi connectivity index (χ1n) is 6.27. The van der Waals surface area contributed by atoms with Crippen LogP contribution in [0.15, 0.2) is 11.6 Å². The molecule has 1 unspecified atom stereocenters. The van der Waals surface area contributed by atoms with Gasteiger partial charge in [-0.3, -0.25) is 4.79 Å². The molecule has 0 aromatic carbocycles. The lowest BCUT2D eigenvalue weighted by atomic mass is 10.1. The zero-order valence-corrected chi connectivity index (χ0v) is 12.1. The molecule has 104 valence electrons. The topological polar surface area (TPSA) is 66.5 Å². The molecule has 1 rings (SSSR count). The van der Waals surface area contributed by atoms with Crippen molar-refractivity contribution in [1.82, 2.24) is 9.62 Å². The highest BCUT2D eigenvalue weighted by atomic mass is 32.2. The molecular formula is C12H22N2O3S. The maximum atomic E-state index is 12.1. The first kappa shape index (κ1) is 15.2. The van der Waals surface area contributed by atoms with E-state index in [0.29, 0.717) is 13.1 Å². The van der Waals surface area contributed by atoms with Gasteiger partial charge in [-0.25, -0.2) is 13.1 Å². The monoisotopic (exact) mass is 274 g/mol. The summed E-state index contributed by atoms with van der Waals surface area (Å²) in [5, 5.41) is 0. The largest absolute Gasteiger partial charge is 0.337 e. The number of sulfonamides is 1. The van der Waals surface area contributed by atoms with Crippen LogP contribution >= 0.6 is 0 Å². The summed E-state index contributed by atoms with van der Waals surface area (Å²) in [4.78, 5) is 13.8. The Balaban J connectivity index is 2.64. The normalized spacial score (nSPS) is 22.1. The molecule has 0 aromatic heterocycles. The molecule has 1 atom stereocenters. The third-order valence-electron chi connectivity index (χ3n) is 2.94. The van der Waals surface area contributed by atoms with Crippen LogP contribution in [0, 0.1) is 0 Å². The number of hydrogen-bond acceptors (Lipinski definition) is 3. The Bertz CT molecular complexity index is 429. The van der Waals surface area contributed by atoms with Crippen LogP contribution in [-0.4, -0.2) is 44.6 Å². The third-order valence-corrected chi connectivity index (χ3v) is 3.70. The van der Waals surface area contributed by atoms with Crippen LogP contribution in [0.4, 0.5) is 0 Å². The molecule has 1 fully saturated rings. The van der Waals surface area contributed by atoms with Gasteiger partial charge >= 0.3 is 0 Å². The maximum absolute atomic E-state index is 12.1. The number of allylic oxidation sites excluding steroid dienone is 1. The van der Waals surface area contributed by atoms with Crippen molar-refractivity contribution in [2.75, 3.05) is 19.3 Å². The summed E-state index contributed by atoms with van der Waals surface area (Å²) >= 11 is 0. The fourth-order valence-corrected chi connectivity index (χ4v) is 3.00. The maximum Gasteiger partial charge on any atom is 0.249 e. The number of amides is 1. The smallest absolute Gasteiger partial charge is 0.249 e. The van der Waals surface area contributed by atoms with Gasteiger partial charge in [0.2, 0.25) is 15.9 Å². The first-order chi connectivity index (χ1) is 8.33. The van der Waals surface area contributed by atoms with E-state index in [1.165, 1.54) is 0 Å². The Morgan fingerprint density at radius 3 is 2.72 bits per heavy atom. The number of nitrogens with zero attached hydrogens (tertiary/aromatic N) is 1. The molecule has 1 heterocycles. The van der Waals surface area contributed by atoms with Crippen molar-refractivity contribution >= 4 is 15.9 Å². The van der Waals surface area contributed by atoms with Gasteiger partial charge in [-0.2, -0.15) is 0 Å². The second kappa shape index (κ2) is 6.33. The van der Waals surface area contributed by atoms with Crippen molar-refractivity contribution in [2.24, 2.45) is 0 Å². The van der Waals surface area contributed by atoms with E-state index in [1.807, 2.05) is 13.0 Å². The van der Waals surface area contributed by atoms with Crippen LogP contribution in [0.1, 0.15) is 33.1 Å². The van der Waals surface area contributed by atoms with Crippen molar-refractivity contribution in [3.8, 4) is 0 Å². The summed E-state index contributed by atoms with van der Waals surface area (Å²) in [6.07, 6.45) is 5.49. The zero-order valence-electron chi connectivity index (χ0n) is 11.3. The molecule has 6 heteroatoms. The average Bonchev–Trinajstić information content (AvgIpc) is 2.26. The molecule has 5 nitrogen and oxygen atoms in total. The molecule has 1 N–H and O–H groups in total. The minimum absolute atomic E-state index is 0.0110. The molecule has 1 aliphatic rings. The van der Waals surface area contributed by atoms with E-state index in [1.54, 1.807) is 11.8 Å². The number of likely N-dealkylation sites (tertiary alicyclic amines) is 1. The highest BCUT2D eigenvalue weighted by molar-refractivity contribution is 7.88. The first-order valence-corrected chi connectivity index (χ1v) is 8.16. The molecule has 0 aliphatic carbocycles. The van der Waals surface area contributed by atoms with Crippen LogP contribution < -0.4 is 4.72 Å². The Morgan fingerprint density at radius 1 is 1.50 bits per heavy atom. The molecule has 0 bridgehead atoms. The van der Waals surface area contributed by atoms with Crippen LogP contribution in [-0.2, 0) is 14.8 Å². The SMILES string of the molecule is CC/C=C(\C)C(=O)N1CCCC(NS(C)(=O)=O)C1. The highest BCUT2D eigenvalue weighted by Gasteiger charge is 2.25. The molecule has 1 aliphatic heterocycles. The van der Waals surface area contributed by atoms with Crippen molar-refractivity contribution in [1.29, 1.82) is 0 Å². The summed E-state index contributed by atoms with van der Waals surface area (Å²) in [6.45, 7) is 4.96. The van der Waals surface area contributed by atoms with Crippen LogP contribution in [0.25, 0.3) is 0 Å². The second-order valence-electron chi connectivity index (χ2n) is 4.78. The van der Waals surface area contributed by atoms with Gasteiger partial charge in [0, 0.05) is 24.7 Å². The fourth-order valence-electron chi connectivity index (χ4n) is 2.20. The fraction of sp³-hybridized carbons (Fsp3) is 0.750. The lowest BCUT2D eigenvalue weighted by molar-refractivity contribution is -0.128. The number of nitrogens with one attached hydrogen (secondary N) is 1. The molecule has 1 saturated heterocycles. The summed E-state index contributed by atoms with van der Waals surface area (Å²) in [7, 11) is -3.21. The van der Waals surface area contributed by atoms with Gasteiger partial charge in [0.05, 0.1) is 6.26 Å². The lowest BCUT2D eigenvalue weighted by Gasteiger charge is -2.33. The summed E-state index contributed by atoms with van der Waals surface area (Å²) in [5.74, 6) is 0.0110. The van der Waals surface area contributed by atoms with Crippen molar-refractivity contribution in [3.63, 3.8) is 0 Å².